The summed E-state index contributed by atoms with van der Waals surface area (Å²) in [6, 6.07) is 9.70. The first-order valence-corrected chi connectivity index (χ1v) is 5.70. The minimum absolute atomic E-state index is 0.0263. The Labute approximate surface area is 109 Å². The van der Waals surface area contributed by atoms with Crippen molar-refractivity contribution in [1.82, 2.24) is 0 Å². The number of rotatable bonds is 5. The molecule has 0 bridgehead atoms. The molecule has 2 rings (SSSR count). The first-order valence-electron chi connectivity index (χ1n) is 5.70. The number of nitro groups is 1. The Bertz CT molecular complexity index is 604. The lowest BCUT2D eigenvalue weighted by atomic mass is 10.1. The van der Waals surface area contributed by atoms with E-state index in [0.717, 1.165) is 0 Å². The predicted molar refractivity (Wildman–Crippen MR) is 70.0 cm³/mol. The summed E-state index contributed by atoms with van der Waals surface area (Å²) in [5.74, 6) is 1.07. The van der Waals surface area contributed by atoms with Gasteiger partial charge < -0.3 is 9.25 Å². The average Bonchev–Trinajstić information content (AvgIpc) is 2.88. The highest BCUT2D eigenvalue weighted by atomic mass is 16.6. The number of nitro benzene ring substituents is 1. The van der Waals surface area contributed by atoms with E-state index in [1.165, 1.54) is 18.3 Å². The number of oxime groups is 1. The average molecular weight is 260 g/mol. The Kier molecular flexibility index (Phi) is 3.92. The summed E-state index contributed by atoms with van der Waals surface area (Å²) in [6.07, 6.45) is 1.45. The van der Waals surface area contributed by atoms with E-state index in [2.05, 4.69) is 5.16 Å². The molecule has 2 aromatic rings. The van der Waals surface area contributed by atoms with Crippen LogP contribution in [0.4, 0.5) is 5.69 Å². The number of furan rings is 1. The quantitative estimate of drug-likeness (QED) is 0.469. The highest BCUT2D eigenvalue weighted by Gasteiger charge is 2.09. The van der Waals surface area contributed by atoms with E-state index in [-0.39, 0.29) is 5.69 Å². The Morgan fingerprint density at radius 2 is 2.26 bits per heavy atom. The van der Waals surface area contributed by atoms with E-state index in [4.69, 9.17) is 9.25 Å². The van der Waals surface area contributed by atoms with Gasteiger partial charge in [-0.2, -0.15) is 0 Å². The Balaban J connectivity index is 2.22. The highest BCUT2D eigenvalue weighted by molar-refractivity contribution is 5.77. The van der Waals surface area contributed by atoms with Gasteiger partial charge in [0.15, 0.2) is 0 Å². The largest absolute Gasteiger partial charge is 0.455 e. The smallest absolute Gasteiger partial charge is 0.270 e. The van der Waals surface area contributed by atoms with Crippen molar-refractivity contribution in [3.05, 3.63) is 52.3 Å². The third-order valence-corrected chi connectivity index (χ3v) is 2.35. The molecule has 0 fully saturated rings. The second-order valence-corrected chi connectivity index (χ2v) is 3.66. The van der Waals surface area contributed by atoms with Crippen LogP contribution in [-0.4, -0.2) is 17.7 Å². The topological polar surface area (TPSA) is 77.9 Å². The molecule has 0 unspecified atom stereocenters. The summed E-state index contributed by atoms with van der Waals surface area (Å²) in [5.41, 5.74) is 0.670. The molecule has 6 heteroatoms. The fourth-order valence-corrected chi connectivity index (χ4v) is 1.51. The van der Waals surface area contributed by atoms with E-state index in [1.54, 1.807) is 24.3 Å². The molecular weight excluding hydrogens is 248 g/mol. The first kappa shape index (κ1) is 12.8. The molecule has 1 aromatic carbocycles. The third kappa shape index (κ3) is 3.19. The van der Waals surface area contributed by atoms with E-state index >= 15 is 0 Å². The Hall–Kier alpha value is -2.63. The third-order valence-electron chi connectivity index (χ3n) is 2.35. The lowest BCUT2D eigenvalue weighted by molar-refractivity contribution is -0.384. The highest BCUT2D eigenvalue weighted by Crippen LogP contribution is 2.25. The van der Waals surface area contributed by atoms with Gasteiger partial charge in [0.25, 0.3) is 5.69 Å². The zero-order chi connectivity index (χ0) is 13.7. The molecule has 0 aliphatic heterocycles. The van der Waals surface area contributed by atoms with Crippen LogP contribution in [0.25, 0.3) is 11.3 Å². The monoisotopic (exact) mass is 260 g/mol. The van der Waals surface area contributed by atoms with Crippen molar-refractivity contribution in [2.75, 3.05) is 6.61 Å². The lowest BCUT2D eigenvalue weighted by Crippen LogP contribution is -1.87. The maximum atomic E-state index is 10.7. The maximum Gasteiger partial charge on any atom is 0.270 e. The van der Waals surface area contributed by atoms with Crippen molar-refractivity contribution in [2.45, 2.75) is 6.92 Å². The van der Waals surface area contributed by atoms with Crippen molar-refractivity contribution < 1.29 is 14.2 Å². The van der Waals surface area contributed by atoms with Crippen molar-refractivity contribution in [3.63, 3.8) is 0 Å². The van der Waals surface area contributed by atoms with Crippen LogP contribution in [0, 0.1) is 10.1 Å². The fraction of sp³-hybridized carbons (Fsp3) is 0.154. The van der Waals surface area contributed by atoms with Gasteiger partial charge in [-0.05, 0) is 19.1 Å². The molecule has 6 nitrogen and oxygen atoms in total. The van der Waals surface area contributed by atoms with Crippen molar-refractivity contribution in [3.8, 4) is 11.3 Å². The van der Waals surface area contributed by atoms with Gasteiger partial charge in [0.2, 0.25) is 0 Å². The molecule has 0 radical (unpaired) electrons. The molecule has 0 N–H and O–H groups in total. The standard InChI is InChI=1S/C13H12N2O4/c1-2-18-14-9-12-6-7-13(19-12)10-4-3-5-11(8-10)15(16)17/h3-9H,2H2,1H3/b14-9-. The molecule has 0 saturated carbocycles. The fourth-order valence-electron chi connectivity index (χ4n) is 1.51. The minimum atomic E-state index is -0.441. The van der Waals surface area contributed by atoms with Crippen LogP contribution in [0.1, 0.15) is 12.7 Å². The number of benzene rings is 1. The van der Waals surface area contributed by atoms with Crippen molar-refractivity contribution in [1.29, 1.82) is 0 Å². The molecule has 0 atom stereocenters. The lowest BCUT2D eigenvalue weighted by Gasteiger charge is -1.96. The number of hydrogen-bond donors (Lipinski definition) is 0. The number of nitrogens with zero attached hydrogens (tertiary/aromatic N) is 2. The molecule has 0 amide bonds. The van der Waals surface area contributed by atoms with Crippen molar-refractivity contribution >= 4 is 11.9 Å². The van der Waals surface area contributed by atoms with Crippen LogP contribution in [-0.2, 0) is 4.84 Å². The van der Waals surface area contributed by atoms with Gasteiger partial charge in [0.1, 0.15) is 24.3 Å². The SMILES string of the molecule is CCO/N=C\c1ccc(-c2cccc([N+](=O)[O-])c2)o1. The van der Waals surface area contributed by atoms with Crippen LogP contribution in [0.3, 0.4) is 0 Å². The molecule has 98 valence electrons. The van der Waals surface area contributed by atoms with Crippen LogP contribution in [0.5, 0.6) is 0 Å². The molecule has 19 heavy (non-hydrogen) atoms. The molecule has 1 heterocycles. The first-order chi connectivity index (χ1) is 9.20. The Morgan fingerprint density at radius 3 is 3.00 bits per heavy atom. The number of non-ortho nitro benzene ring substituents is 1. The second-order valence-electron chi connectivity index (χ2n) is 3.66. The maximum absolute atomic E-state index is 10.7. The summed E-state index contributed by atoms with van der Waals surface area (Å²) in [7, 11) is 0. The Morgan fingerprint density at radius 1 is 1.42 bits per heavy atom. The van der Waals surface area contributed by atoms with Gasteiger partial charge in [-0.15, -0.1) is 0 Å². The van der Waals surface area contributed by atoms with Crippen LogP contribution in [0.2, 0.25) is 0 Å². The molecule has 0 aliphatic rings. The van der Waals surface area contributed by atoms with Crippen LogP contribution in [0.15, 0.2) is 46.0 Å². The van der Waals surface area contributed by atoms with Gasteiger partial charge >= 0.3 is 0 Å². The normalized spacial score (nSPS) is 10.8. The summed E-state index contributed by atoms with van der Waals surface area (Å²) < 4.78 is 5.50. The van der Waals surface area contributed by atoms with Crippen LogP contribution >= 0.6 is 0 Å². The molecule has 0 saturated heterocycles. The molecule has 0 spiro atoms. The van der Waals surface area contributed by atoms with E-state index in [9.17, 15) is 10.1 Å². The zero-order valence-electron chi connectivity index (χ0n) is 10.3. The van der Waals surface area contributed by atoms with Gasteiger partial charge in [0, 0.05) is 17.7 Å². The molecule has 1 aromatic heterocycles. The minimum Gasteiger partial charge on any atom is -0.455 e. The molecular formula is C13H12N2O4. The molecule has 0 aliphatic carbocycles. The van der Waals surface area contributed by atoms with E-state index in [1.807, 2.05) is 6.92 Å². The second kappa shape index (κ2) is 5.81. The summed E-state index contributed by atoms with van der Waals surface area (Å²) in [6.45, 7) is 2.31. The van der Waals surface area contributed by atoms with E-state index in [0.29, 0.717) is 23.7 Å². The van der Waals surface area contributed by atoms with Gasteiger partial charge in [-0.25, -0.2) is 0 Å². The van der Waals surface area contributed by atoms with Gasteiger partial charge in [-0.1, -0.05) is 17.3 Å². The summed E-state index contributed by atoms with van der Waals surface area (Å²) in [4.78, 5) is 15.1. The van der Waals surface area contributed by atoms with Gasteiger partial charge in [0.05, 0.1) is 4.92 Å². The predicted octanol–water partition coefficient (Wildman–Crippen LogP) is 3.23. The van der Waals surface area contributed by atoms with Crippen LogP contribution < -0.4 is 0 Å². The van der Waals surface area contributed by atoms with Crippen molar-refractivity contribution in [2.24, 2.45) is 5.16 Å². The summed E-state index contributed by atoms with van der Waals surface area (Å²) in [5, 5.41) is 14.4. The number of hydrogen-bond acceptors (Lipinski definition) is 5. The zero-order valence-corrected chi connectivity index (χ0v) is 10.3. The summed E-state index contributed by atoms with van der Waals surface area (Å²) >= 11 is 0. The van der Waals surface area contributed by atoms with Gasteiger partial charge in [-0.3, -0.25) is 10.1 Å². The van der Waals surface area contributed by atoms with E-state index < -0.39 is 4.92 Å².